The molecule has 7 heteroatoms. The molecule has 2 nitrogen and oxygen atoms in total. The summed E-state index contributed by atoms with van der Waals surface area (Å²) in [5.41, 5.74) is 6.07. The van der Waals surface area contributed by atoms with E-state index in [4.69, 9.17) is 5.73 Å². The molecule has 0 spiro atoms. The Bertz CT molecular complexity index is 592. The van der Waals surface area contributed by atoms with Crippen LogP contribution in [-0.4, -0.2) is 0 Å². The monoisotopic (exact) mass is 394 g/mol. The predicted octanol–water partition coefficient (Wildman–Crippen LogP) is 4.95. The number of halogens is 5. The zero-order valence-electron chi connectivity index (χ0n) is 9.28. The molecule has 100 valence electrons. The van der Waals surface area contributed by atoms with Crippen molar-refractivity contribution in [3.63, 3.8) is 0 Å². The standard InChI is InChI=1S/C12H7Br2F3N2/c13-5-1-11(9(17)3-7(5)15)19-12-2-6(14)8(16)4-10(12)18/h1-4,19H,18H2. The van der Waals surface area contributed by atoms with Gasteiger partial charge in [0.1, 0.15) is 17.5 Å². The minimum atomic E-state index is -0.777. The molecule has 0 heterocycles. The van der Waals surface area contributed by atoms with E-state index < -0.39 is 17.5 Å². The van der Waals surface area contributed by atoms with E-state index in [0.29, 0.717) is 5.69 Å². The van der Waals surface area contributed by atoms with Crippen LogP contribution in [0.1, 0.15) is 0 Å². The van der Waals surface area contributed by atoms with Crippen LogP contribution in [0.25, 0.3) is 0 Å². The first-order valence-corrected chi connectivity index (χ1v) is 6.63. The highest BCUT2D eigenvalue weighted by Crippen LogP contribution is 2.31. The van der Waals surface area contributed by atoms with Gasteiger partial charge in [0.25, 0.3) is 0 Å². The van der Waals surface area contributed by atoms with E-state index in [1.807, 2.05) is 0 Å². The summed E-state index contributed by atoms with van der Waals surface area (Å²) >= 11 is 5.96. The summed E-state index contributed by atoms with van der Waals surface area (Å²) in [5, 5.41) is 2.68. The predicted molar refractivity (Wildman–Crippen MR) is 75.9 cm³/mol. The summed E-state index contributed by atoms with van der Waals surface area (Å²) in [4.78, 5) is 0. The molecular weight excluding hydrogens is 389 g/mol. The molecule has 0 aliphatic carbocycles. The average Bonchev–Trinajstić information content (AvgIpc) is 2.32. The first-order chi connectivity index (χ1) is 8.88. The zero-order valence-corrected chi connectivity index (χ0v) is 12.4. The summed E-state index contributed by atoms with van der Waals surface area (Å²) in [7, 11) is 0. The van der Waals surface area contributed by atoms with Crippen LogP contribution in [0.15, 0.2) is 33.2 Å². The van der Waals surface area contributed by atoms with Gasteiger partial charge in [-0.3, -0.25) is 0 Å². The molecule has 2 aromatic carbocycles. The van der Waals surface area contributed by atoms with E-state index in [-0.39, 0.29) is 20.3 Å². The molecule has 2 aromatic rings. The normalized spacial score (nSPS) is 10.6. The highest BCUT2D eigenvalue weighted by Gasteiger charge is 2.11. The van der Waals surface area contributed by atoms with E-state index in [9.17, 15) is 13.2 Å². The third-order valence-corrected chi connectivity index (χ3v) is 3.59. The Morgan fingerprint density at radius 3 is 1.95 bits per heavy atom. The van der Waals surface area contributed by atoms with E-state index in [1.165, 1.54) is 12.1 Å². The van der Waals surface area contributed by atoms with Gasteiger partial charge in [-0.25, -0.2) is 13.2 Å². The molecule has 0 radical (unpaired) electrons. The van der Waals surface area contributed by atoms with Gasteiger partial charge in [-0.1, -0.05) is 0 Å². The van der Waals surface area contributed by atoms with Crippen molar-refractivity contribution in [2.45, 2.75) is 0 Å². The minimum Gasteiger partial charge on any atom is -0.397 e. The van der Waals surface area contributed by atoms with Gasteiger partial charge >= 0.3 is 0 Å². The third-order valence-electron chi connectivity index (χ3n) is 2.37. The minimum absolute atomic E-state index is 0.0264. The second-order valence-corrected chi connectivity index (χ2v) is 5.43. The summed E-state index contributed by atoms with van der Waals surface area (Å²) < 4.78 is 40.2. The van der Waals surface area contributed by atoms with Crippen LogP contribution in [0.4, 0.5) is 30.2 Å². The highest BCUT2D eigenvalue weighted by molar-refractivity contribution is 9.10. The SMILES string of the molecule is Nc1cc(F)c(Br)cc1Nc1cc(Br)c(F)cc1F. The average molecular weight is 396 g/mol. The van der Waals surface area contributed by atoms with Crippen molar-refractivity contribution in [1.82, 2.24) is 0 Å². The van der Waals surface area contributed by atoms with Crippen LogP contribution in [0.2, 0.25) is 0 Å². The largest absolute Gasteiger partial charge is 0.397 e. The van der Waals surface area contributed by atoms with Crippen molar-refractivity contribution in [3.05, 3.63) is 50.7 Å². The lowest BCUT2D eigenvalue weighted by Crippen LogP contribution is -2.00. The first-order valence-electron chi connectivity index (χ1n) is 5.04. The molecule has 2 rings (SSSR count). The van der Waals surface area contributed by atoms with E-state index in [2.05, 4.69) is 37.2 Å². The van der Waals surface area contributed by atoms with Gasteiger partial charge in [0, 0.05) is 12.1 Å². The molecule has 0 aliphatic rings. The maximum atomic E-state index is 13.6. The second kappa shape index (κ2) is 5.42. The lowest BCUT2D eigenvalue weighted by molar-refractivity contribution is 0.581. The number of nitrogens with one attached hydrogen (secondary N) is 1. The van der Waals surface area contributed by atoms with E-state index in [1.54, 1.807) is 0 Å². The fraction of sp³-hybridized carbons (Fsp3) is 0. The molecule has 0 unspecified atom stereocenters. The fourth-order valence-corrected chi connectivity index (χ4v) is 2.12. The molecule has 0 amide bonds. The molecule has 0 saturated carbocycles. The molecule has 0 fully saturated rings. The van der Waals surface area contributed by atoms with Gasteiger partial charge < -0.3 is 11.1 Å². The number of anilines is 3. The summed E-state index contributed by atoms with van der Waals surface area (Å²) in [6, 6.07) is 4.45. The smallest absolute Gasteiger partial charge is 0.149 e. The van der Waals surface area contributed by atoms with Crippen molar-refractivity contribution in [2.24, 2.45) is 0 Å². The molecule has 0 aromatic heterocycles. The number of hydrogen-bond donors (Lipinski definition) is 2. The first kappa shape index (κ1) is 14.2. The number of nitrogens with two attached hydrogens (primary N) is 1. The molecule has 0 bridgehead atoms. The zero-order chi connectivity index (χ0) is 14.2. The lowest BCUT2D eigenvalue weighted by atomic mass is 10.2. The van der Waals surface area contributed by atoms with Crippen LogP contribution in [0, 0.1) is 17.5 Å². The lowest BCUT2D eigenvalue weighted by Gasteiger charge is -2.12. The summed E-state index contributed by atoms with van der Waals surface area (Å²) in [6.07, 6.45) is 0. The Kier molecular flexibility index (Phi) is 4.05. The Labute approximate surface area is 124 Å². The van der Waals surface area contributed by atoms with Gasteiger partial charge in [-0.2, -0.15) is 0 Å². The molecule has 0 atom stereocenters. The maximum Gasteiger partial charge on any atom is 0.149 e. The molecule has 0 saturated heterocycles. The van der Waals surface area contributed by atoms with Crippen LogP contribution < -0.4 is 11.1 Å². The topological polar surface area (TPSA) is 38.0 Å². The number of hydrogen-bond acceptors (Lipinski definition) is 2. The van der Waals surface area contributed by atoms with Crippen molar-refractivity contribution in [1.29, 1.82) is 0 Å². The van der Waals surface area contributed by atoms with Crippen molar-refractivity contribution in [2.75, 3.05) is 11.1 Å². The van der Waals surface area contributed by atoms with Gasteiger partial charge in [0.2, 0.25) is 0 Å². The van der Waals surface area contributed by atoms with Crippen LogP contribution in [-0.2, 0) is 0 Å². The molecule has 3 N–H and O–H groups in total. The van der Waals surface area contributed by atoms with Crippen LogP contribution in [0.3, 0.4) is 0 Å². The maximum absolute atomic E-state index is 13.6. The van der Waals surface area contributed by atoms with Gasteiger partial charge in [0.15, 0.2) is 0 Å². The molecule has 19 heavy (non-hydrogen) atoms. The van der Waals surface area contributed by atoms with Gasteiger partial charge in [-0.15, -0.1) is 0 Å². The van der Waals surface area contributed by atoms with E-state index in [0.717, 1.165) is 12.1 Å². The van der Waals surface area contributed by atoms with Gasteiger partial charge in [-0.05, 0) is 44.0 Å². The van der Waals surface area contributed by atoms with Crippen molar-refractivity contribution < 1.29 is 13.2 Å². The van der Waals surface area contributed by atoms with E-state index >= 15 is 0 Å². The molecular formula is C12H7Br2F3N2. The Hall–Kier alpha value is -1.21. The Balaban J connectivity index is 2.42. The van der Waals surface area contributed by atoms with Gasteiger partial charge in [0.05, 0.1) is 26.0 Å². The summed E-state index contributed by atoms with van der Waals surface area (Å²) in [6.45, 7) is 0. The Morgan fingerprint density at radius 2 is 1.32 bits per heavy atom. The quantitative estimate of drug-likeness (QED) is 0.557. The number of rotatable bonds is 2. The van der Waals surface area contributed by atoms with Crippen LogP contribution in [0.5, 0.6) is 0 Å². The number of nitrogen functional groups attached to an aromatic ring is 1. The number of benzene rings is 2. The fourth-order valence-electron chi connectivity index (χ4n) is 1.43. The highest BCUT2D eigenvalue weighted by atomic mass is 79.9. The summed E-state index contributed by atoms with van der Waals surface area (Å²) in [5.74, 6) is -2.01. The van der Waals surface area contributed by atoms with Crippen molar-refractivity contribution in [3.8, 4) is 0 Å². The second-order valence-electron chi connectivity index (χ2n) is 3.72. The third kappa shape index (κ3) is 3.03. The molecule has 0 aliphatic heterocycles. The van der Waals surface area contributed by atoms with Crippen molar-refractivity contribution >= 4 is 48.9 Å². The van der Waals surface area contributed by atoms with Crippen LogP contribution >= 0.6 is 31.9 Å². The Morgan fingerprint density at radius 1 is 0.789 bits per heavy atom.